The van der Waals surface area contributed by atoms with Crippen molar-refractivity contribution in [1.29, 1.82) is 0 Å². The summed E-state index contributed by atoms with van der Waals surface area (Å²) in [6, 6.07) is 17.0. The van der Waals surface area contributed by atoms with Crippen LogP contribution in [-0.4, -0.2) is 24.0 Å². The topological polar surface area (TPSA) is 71.2 Å². The number of para-hydroxylation sites is 1. The third-order valence-corrected chi connectivity index (χ3v) is 3.94. The minimum Gasteiger partial charge on any atom is -0.484 e. The van der Waals surface area contributed by atoms with Gasteiger partial charge in [-0.25, -0.2) is 0 Å². The SMILES string of the molecule is Cc1ccc(OCC(=O)NCCc2cc3ccccc3[nH]c2=O)cc1. The number of ether oxygens (including phenoxy) is 1. The molecule has 1 aromatic heterocycles. The Hall–Kier alpha value is -3.08. The lowest BCUT2D eigenvalue weighted by molar-refractivity contribution is -0.123. The highest BCUT2D eigenvalue weighted by atomic mass is 16.5. The molecule has 0 aliphatic heterocycles. The molecule has 0 fully saturated rings. The Bertz CT molecular complexity index is 930. The summed E-state index contributed by atoms with van der Waals surface area (Å²) in [5.41, 5.74) is 2.48. The first kappa shape index (κ1) is 16.8. The lowest BCUT2D eigenvalue weighted by Crippen LogP contribution is -2.31. The molecular formula is C20H20N2O3. The highest BCUT2D eigenvalue weighted by Gasteiger charge is 2.05. The Morgan fingerprint density at radius 1 is 1.12 bits per heavy atom. The monoisotopic (exact) mass is 336 g/mol. The van der Waals surface area contributed by atoms with Crippen molar-refractivity contribution in [1.82, 2.24) is 10.3 Å². The molecule has 0 saturated heterocycles. The summed E-state index contributed by atoms with van der Waals surface area (Å²) in [5, 5.41) is 3.75. The highest BCUT2D eigenvalue weighted by Crippen LogP contribution is 2.11. The van der Waals surface area contributed by atoms with E-state index in [2.05, 4.69) is 10.3 Å². The first-order valence-corrected chi connectivity index (χ1v) is 8.19. The highest BCUT2D eigenvalue weighted by molar-refractivity contribution is 5.79. The van der Waals surface area contributed by atoms with Crippen molar-refractivity contribution in [3.63, 3.8) is 0 Å². The molecule has 0 aliphatic carbocycles. The van der Waals surface area contributed by atoms with E-state index in [9.17, 15) is 9.59 Å². The zero-order chi connectivity index (χ0) is 17.6. The van der Waals surface area contributed by atoms with Crippen molar-refractivity contribution < 1.29 is 9.53 Å². The lowest BCUT2D eigenvalue weighted by atomic mass is 10.1. The number of aryl methyl sites for hydroxylation is 1. The van der Waals surface area contributed by atoms with Crippen LogP contribution in [0.3, 0.4) is 0 Å². The van der Waals surface area contributed by atoms with Crippen molar-refractivity contribution in [2.75, 3.05) is 13.2 Å². The zero-order valence-electron chi connectivity index (χ0n) is 14.0. The molecule has 0 unspecified atom stereocenters. The molecule has 1 amide bonds. The predicted octanol–water partition coefficient (Wildman–Crippen LogP) is 2.57. The second kappa shape index (κ2) is 7.66. The fourth-order valence-electron chi connectivity index (χ4n) is 2.55. The fraction of sp³-hybridized carbons (Fsp3) is 0.200. The number of hydrogen-bond donors (Lipinski definition) is 2. The van der Waals surface area contributed by atoms with Crippen molar-refractivity contribution in [3.8, 4) is 5.75 Å². The van der Waals surface area contributed by atoms with Gasteiger partial charge < -0.3 is 15.0 Å². The third-order valence-electron chi connectivity index (χ3n) is 3.94. The van der Waals surface area contributed by atoms with Gasteiger partial charge in [-0.05, 0) is 43.0 Å². The molecule has 128 valence electrons. The second-order valence-electron chi connectivity index (χ2n) is 5.91. The van der Waals surface area contributed by atoms with Crippen LogP contribution < -0.4 is 15.6 Å². The van der Waals surface area contributed by atoms with E-state index in [-0.39, 0.29) is 18.1 Å². The minimum absolute atomic E-state index is 0.0445. The minimum atomic E-state index is -0.210. The quantitative estimate of drug-likeness (QED) is 0.727. The molecule has 0 aliphatic rings. The lowest BCUT2D eigenvalue weighted by Gasteiger charge is -2.08. The number of H-pyrrole nitrogens is 1. The van der Waals surface area contributed by atoms with Crippen molar-refractivity contribution in [2.45, 2.75) is 13.3 Å². The van der Waals surface area contributed by atoms with Crippen LogP contribution in [0.2, 0.25) is 0 Å². The molecule has 2 aromatic carbocycles. The summed E-state index contributed by atoms with van der Waals surface area (Å²) < 4.78 is 5.43. The molecule has 3 rings (SSSR count). The predicted molar refractivity (Wildman–Crippen MR) is 98.0 cm³/mol. The van der Waals surface area contributed by atoms with E-state index in [0.717, 1.165) is 16.5 Å². The Kier molecular flexibility index (Phi) is 5.14. The Balaban J connectivity index is 1.50. The van der Waals surface area contributed by atoms with Crippen molar-refractivity contribution in [3.05, 3.63) is 76.1 Å². The molecule has 5 nitrogen and oxygen atoms in total. The average Bonchev–Trinajstić information content (AvgIpc) is 2.61. The number of amides is 1. The number of carbonyl (C=O) groups excluding carboxylic acids is 1. The van der Waals surface area contributed by atoms with Crippen molar-refractivity contribution >= 4 is 16.8 Å². The molecule has 3 aromatic rings. The van der Waals surface area contributed by atoms with E-state index >= 15 is 0 Å². The number of aromatic amines is 1. The van der Waals surface area contributed by atoms with Crippen LogP contribution in [0.4, 0.5) is 0 Å². The van der Waals surface area contributed by atoms with Crippen LogP contribution in [0.15, 0.2) is 59.4 Å². The summed E-state index contributed by atoms with van der Waals surface area (Å²) in [6.07, 6.45) is 0.469. The smallest absolute Gasteiger partial charge is 0.257 e. The Labute approximate surface area is 145 Å². The molecule has 2 N–H and O–H groups in total. The molecule has 25 heavy (non-hydrogen) atoms. The van der Waals surface area contributed by atoms with Gasteiger partial charge >= 0.3 is 0 Å². The van der Waals surface area contributed by atoms with Crippen LogP contribution in [0.5, 0.6) is 5.75 Å². The van der Waals surface area contributed by atoms with E-state index in [0.29, 0.717) is 24.3 Å². The number of nitrogens with one attached hydrogen (secondary N) is 2. The van der Waals surface area contributed by atoms with E-state index in [4.69, 9.17) is 4.74 Å². The summed E-state index contributed by atoms with van der Waals surface area (Å²) >= 11 is 0. The van der Waals surface area contributed by atoms with Gasteiger partial charge in [-0.2, -0.15) is 0 Å². The Morgan fingerprint density at radius 2 is 1.88 bits per heavy atom. The van der Waals surface area contributed by atoms with Gasteiger partial charge in [0.15, 0.2) is 6.61 Å². The van der Waals surface area contributed by atoms with Crippen molar-refractivity contribution in [2.24, 2.45) is 0 Å². The first-order valence-electron chi connectivity index (χ1n) is 8.19. The maximum atomic E-state index is 12.1. The Morgan fingerprint density at radius 3 is 2.68 bits per heavy atom. The number of rotatable bonds is 6. The van der Waals surface area contributed by atoms with Gasteiger partial charge in [-0.1, -0.05) is 35.9 Å². The molecule has 1 heterocycles. The molecule has 0 bridgehead atoms. The van der Waals surface area contributed by atoms with Gasteiger partial charge in [-0.15, -0.1) is 0 Å². The number of benzene rings is 2. The van der Waals surface area contributed by atoms with E-state index < -0.39 is 0 Å². The van der Waals surface area contributed by atoms with Gasteiger partial charge in [0, 0.05) is 17.6 Å². The molecule has 5 heteroatoms. The van der Waals surface area contributed by atoms with Gasteiger partial charge in [0.05, 0.1) is 0 Å². The standard InChI is InChI=1S/C20H20N2O3/c1-14-6-8-17(9-7-14)25-13-19(23)21-11-10-16-12-15-4-2-3-5-18(15)22-20(16)24/h2-9,12H,10-11,13H2,1H3,(H,21,23)(H,22,24). The number of hydrogen-bond acceptors (Lipinski definition) is 3. The van der Waals surface area contributed by atoms with Crippen LogP contribution in [0.1, 0.15) is 11.1 Å². The van der Waals surface area contributed by atoms with Gasteiger partial charge in [-0.3, -0.25) is 9.59 Å². The zero-order valence-corrected chi connectivity index (χ0v) is 14.0. The first-order chi connectivity index (χ1) is 12.1. The van der Waals surface area contributed by atoms with E-state index in [1.54, 1.807) is 0 Å². The fourth-order valence-corrected chi connectivity index (χ4v) is 2.55. The van der Waals surface area contributed by atoms with Crippen LogP contribution >= 0.6 is 0 Å². The molecule has 0 atom stereocenters. The second-order valence-corrected chi connectivity index (χ2v) is 5.91. The van der Waals surface area contributed by atoms with Crippen LogP contribution in [0, 0.1) is 6.92 Å². The third kappa shape index (κ3) is 4.47. The number of pyridine rings is 1. The number of fused-ring (bicyclic) bond motifs is 1. The van der Waals surface area contributed by atoms with E-state index in [1.807, 2.05) is 61.5 Å². The maximum absolute atomic E-state index is 12.1. The van der Waals surface area contributed by atoms with Crippen LogP contribution in [-0.2, 0) is 11.2 Å². The summed E-state index contributed by atoms with van der Waals surface area (Å²) in [7, 11) is 0. The summed E-state index contributed by atoms with van der Waals surface area (Å²) in [6.45, 7) is 2.33. The summed E-state index contributed by atoms with van der Waals surface area (Å²) in [5.74, 6) is 0.449. The molecule has 0 spiro atoms. The molecular weight excluding hydrogens is 316 g/mol. The summed E-state index contributed by atoms with van der Waals surface area (Å²) in [4.78, 5) is 26.8. The molecule has 0 saturated carbocycles. The molecule has 0 radical (unpaired) electrons. The normalized spacial score (nSPS) is 10.6. The van der Waals surface area contributed by atoms with Gasteiger partial charge in [0.25, 0.3) is 11.5 Å². The number of carbonyl (C=O) groups is 1. The van der Waals surface area contributed by atoms with E-state index in [1.165, 1.54) is 0 Å². The van der Waals surface area contributed by atoms with Crippen LogP contribution in [0.25, 0.3) is 10.9 Å². The number of aromatic nitrogens is 1. The maximum Gasteiger partial charge on any atom is 0.257 e. The largest absolute Gasteiger partial charge is 0.484 e. The average molecular weight is 336 g/mol. The van der Waals surface area contributed by atoms with Gasteiger partial charge in [0.2, 0.25) is 0 Å². The van der Waals surface area contributed by atoms with Gasteiger partial charge in [0.1, 0.15) is 5.75 Å².